The summed E-state index contributed by atoms with van der Waals surface area (Å²) < 4.78 is 0. The van der Waals surface area contributed by atoms with Gasteiger partial charge in [-0.2, -0.15) is 0 Å². The van der Waals surface area contributed by atoms with E-state index in [0.717, 1.165) is 55.6 Å². The summed E-state index contributed by atoms with van der Waals surface area (Å²) in [5.74, 6) is 0.832. The molecule has 0 unspecified atom stereocenters. The third-order valence-corrected chi connectivity index (χ3v) is 3.89. The van der Waals surface area contributed by atoms with Crippen molar-refractivity contribution in [3.63, 3.8) is 0 Å². The molecule has 0 atom stereocenters. The van der Waals surface area contributed by atoms with Gasteiger partial charge in [-0.1, -0.05) is 23.7 Å². The van der Waals surface area contributed by atoms with Crippen LogP contribution in [0.2, 0.25) is 5.02 Å². The molecule has 1 N–H and O–H groups in total. The Morgan fingerprint density at radius 3 is 2.52 bits per heavy atom. The summed E-state index contributed by atoms with van der Waals surface area (Å²) in [5, 5.41) is 4.15. The number of hydrogen-bond acceptors (Lipinski definition) is 4. The van der Waals surface area contributed by atoms with Gasteiger partial charge in [-0.25, -0.2) is 9.97 Å². The van der Waals surface area contributed by atoms with E-state index in [4.69, 9.17) is 11.6 Å². The Morgan fingerprint density at radius 1 is 1.00 bits per heavy atom. The van der Waals surface area contributed by atoms with Crippen LogP contribution in [-0.2, 0) is 6.42 Å². The molecule has 0 aliphatic carbocycles. The van der Waals surface area contributed by atoms with Gasteiger partial charge in [0, 0.05) is 43.5 Å². The summed E-state index contributed by atoms with van der Waals surface area (Å²) >= 11 is 5.90. The number of halogens is 1. The molecule has 0 bridgehead atoms. The number of rotatable bonds is 3. The second-order valence-electron chi connectivity index (χ2n) is 5.29. The van der Waals surface area contributed by atoms with E-state index >= 15 is 0 Å². The third-order valence-electron chi connectivity index (χ3n) is 3.64. The molecule has 1 aliphatic rings. The van der Waals surface area contributed by atoms with Gasteiger partial charge in [-0.3, -0.25) is 0 Å². The Morgan fingerprint density at radius 2 is 1.76 bits per heavy atom. The van der Waals surface area contributed by atoms with Crippen molar-refractivity contribution in [1.82, 2.24) is 15.3 Å². The zero-order chi connectivity index (χ0) is 14.5. The standard InChI is InChI=1S/C16H19ClN4/c17-15-4-2-13(3-5-15)10-14-11-19-16(20-12-14)21-8-1-6-18-7-9-21/h2-5,11-12,18H,1,6-10H2. The predicted octanol–water partition coefficient (Wildman–Crippen LogP) is 2.52. The van der Waals surface area contributed by atoms with Crippen LogP contribution < -0.4 is 10.2 Å². The van der Waals surface area contributed by atoms with E-state index in [1.807, 2.05) is 36.7 Å². The van der Waals surface area contributed by atoms with E-state index in [9.17, 15) is 0 Å². The molecule has 0 amide bonds. The maximum atomic E-state index is 5.90. The first-order valence-corrected chi connectivity index (χ1v) is 7.70. The molecule has 4 nitrogen and oxygen atoms in total. The van der Waals surface area contributed by atoms with Crippen LogP contribution in [0.1, 0.15) is 17.5 Å². The Balaban J connectivity index is 1.67. The highest BCUT2D eigenvalue weighted by Crippen LogP contribution is 2.14. The summed E-state index contributed by atoms with van der Waals surface area (Å²) in [4.78, 5) is 11.3. The molecule has 1 fully saturated rings. The minimum absolute atomic E-state index is 0.764. The van der Waals surface area contributed by atoms with Gasteiger partial charge >= 0.3 is 0 Å². The highest BCUT2D eigenvalue weighted by molar-refractivity contribution is 6.30. The zero-order valence-corrected chi connectivity index (χ0v) is 12.7. The normalized spacial score (nSPS) is 15.8. The van der Waals surface area contributed by atoms with Gasteiger partial charge < -0.3 is 10.2 Å². The van der Waals surface area contributed by atoms with Crippen LogP contribution in [0.4, 0.5) is 5.95 Å². The number of benzene rings is 1. The van der Waals surface area contributed by atoms with Crippen molar-refractivity contribution in [1.29, 1.82) is 0 Å². The second kappa shape index (κ2) is 6.87. The molecule has 2 aromatic rings. The monoisotopic (exact) mass is 302 g/mol. The molecule has 5 heteroatoms. The molecule has 1 aromatic heterocycles. The fraction of sp³-hybridized carbons (Fsp3) is 0.375. The molecule has 1 aromatic carbocycles. The van der Waals surface area contributed by atoms with Crippen LogP contribution >= 0.6 is 11.6 Å². The lowest BCUT2D eigenvalue weighted by Crippen LogP contribution is -2.29. The van der Waals surface area contributed by atoms with E-state index in [2.05, 4.69) is 20.2 Å². The summed E-state index contributed by atoms with van der Waals surface area (Å²) in [6.07, 6.45) is 5.82. The third kappa shape index (κ3) is 3.93. The predicted molar refractivity (Wildman–Crippen MR) is 86.0 cm³/mol. The first kappa shape index (κ1) is 14.3. The van der Waals surface area contributed by atoms with Crippen molar-refractivity contribution < 1.29 is 0 Å². The van der Waals surface area contributed by atoms with Crippen LogP contribution in [0.3, 0.4) is 0 Å². The van der Waals surface area contributed by atoms with Crippen molar-refractivity contribution >= 4 is 17.5 Å². The summed E-state index contributed by atoms with van der Waals surface area (Å²) in [7, 11) is 0. The van der Waals surface area contributed by atoms with Gasteiger partial charge in [0.05, 0.1) is 0 Å². The van der Waals surface area contributed by atoms with E-state index in [0.29, 0.717) is 0 Å². The quantitative estimate of drug-likeness (QED) is 0.946. The Hall–Kier alpha value is -1.65. The molecule has 2 heterocycles. The largest absolute Gasteiger partial charge is 0.340 e. The average Bonchev–Trinajstić information content (AvgIpc) is 2.80. The van der Waals surface area contributed by atoms with Gasteiger partial charge in [0.15, 0.2) is 0 Å². The van der Waals surface area contributed by atoms with Gasteiger partial charge in [0.25, 0.3) is 0 Å². The summed E-state index contributed by atoms with van der Waals surface area (Å²) in [5.41, 5.74) is 2.34. The van der Waals surface area contributed by atoms with Crippen molar-refractivity contribution in [2.75, 3.05) is 31.1 Å². The van der Waals surface area contributed by atoms with Gasteiger partial charge in [-0.05, 0) is 36.2 Å². The van der Waals surface area contributed by atoms with E-state index < -0.39 is 0 Å². The van der Waals surface area contributed by atoms with Crippen molar-refractivity contribution in [2.24, 2.45) is 0 Å². The fourth-order valence-corrected chi connectivity index (χ4v) is 2.61. The fourth-order valence-electron chi connectivity index (χ4n) is 2.49. The maximum Gasteiger partial charge on any atom is 0.225 e. The number of nitrogens with one attached hydrogen (secondary N) is 1. The maximum absolute atomic E-state index is 5.90. The van der Waals surface area contributed by atoms with E-state index in [1.165, 1.54) is 5.56 Å². The van der Waals surface area contributed by atoms with Gasteiger partial charge in [0.2, 0.25) is 5.95 Å². The molecule has 0 radical (unpaired) electrons. The molecular formula is C16H19ClN4. The average molecular weight is 303 g/mol. The van der Waals surface area contributed by atoms with Crippen LogP contribution in [0.25, 0.3) is 0 Å². The topological polar surface area (TPSA) is 41.1 Å². The molecule has 0 spiro atoms. The molecule has 110 valence electrons. The Kier molecular flexibility index (Phi) is 4.68. The first-order valence-electron chi connectivity index (χ1n) is 7.32. The van der Waals surface area contributed by atoms with Gasteiger partial charge in [-0.15, -0.1) is 0 Å². The molecule has 0 saturated carbocycles. The van der Waals surface area contributed by atoms with Crippen LogP contribution in [-0.4, -0.2) is 36.1 Å². The minimum Gasteiger partial charge on any atom is -0.340 e. The van der Waals surface area contributed by atoms with E-state index in [-0.39, 0.29) is 0 Å². The minimum atomic E-state index is 0.764. The Bertz CT molecular complexity index is 560. The molecular weight excluding hydrogens is 284 g/mol. The molecule has 1 aliphatic heterocycles. The highest BCUT2D eigenvalue weighted by Gasteiger charge is 2.11. The first-order chi connectivity index (χ1) is 10.3. The molecule has 1 saturated heterocycles. The van der Waals surface area contributed by atoms with Crippen molar-refractivity contribution in [3.05, 3.63) is 52.8 Å². The lowest BCUT2D eigenvalue weighted by Gasteiger charge is -2.19. The van der Waals surface area contributed by atoms with Crippen molar-refractivity contribution in [2.45, 2.75) is 12.8 Å². The summed E-state index contributed by atoms with van der Waals surface area (Å²) in [6, 6.07) is 7.90. The smallest absolute Gasteiger partial charge is 0.225 e. The van der Waals surface area contributed by atoms with Crippen LogP contribution in [0, 0.1) is 0 Å². The van der Waals surface area contributed by atoms with Crippen LogP contribution in [0.15, 0.2) is 36.7 Å². The second-order valence-corrected chi connectivity index (χ2v) is 5.72. The number of nitrogens with zero attached hydrogens (tertiary/aromatic N) is 3. The van der Waals surface area contributed by atoms with E-state index in [1.54, 1.807) is 0 Å². The number of hydrogen-bond donors (Lipinski definition) is 1. The van der Waals surface area contributed by atoms with Crippen LogP contribution in [0.5, 0.6) is 0 Å². The lowest BCUT2D eigenvalue weighted by atomic mass is 10.1. The SMILES string of the molecule is Clc1ccc(Cc2cnc(N3CCCNCC3)nc2)cc1. The lowest BCUT2D eigenvalue weighted by molar-refractivity contribution is 0.724. The Labute approximate surface area is 130 Å². The number of anilines is 1. The molecule has 3 rings (SSSR count). The zero-order valence-electron chi connectivity index (χ0n) is 11.9. The molecule has 21 heavy (non-hydrogen) atoms. The van der Waals surface area contributed by atoms with Gasteiger partial charge in [0.1, 0.15) is 0 Å². The highest BCUT2D eigenvalue weighted by atomic mass is 35.5. The van der Waals surface area contributed by atoms with Crippen molar-refractivity contribution in [3.8, 4) is 0 Å². The number of aromatic nitrogens is 2. The summed E-state index contributed by atoms with van der Waals surface area (Å²) in [6.45, 7) is 4.06.